The summed E-state index contributed by atoms with van der Waals surface area (Å²) in [6, 6.07) is 15.3. The molecule has 0 aromatic heterocycles. The largest absolute Gasteiger partial charge is 0.371 e. The predicted molar refractivity (Wildman–Crippen MR) is 167 cm³/mol. The quantitative estimate of drug-likeness (QED) is 0.384. The molecular formula is C35H49N3O2S. The average molecular weight is 576 g/mol. The number of likely N-dealkylation sites (tertiary alicyclic amines) is 1. The van der Waals surface area contributed by atoms with Crippen LogP contribution in [0.1, 0.15) is 75.0 Å². The Bertz CT molecular complexity index is 1350. The van der Waals surface area contributed by atoms with Crippen molar-refractivity contribution in [3.8, 4) is 0 Å². The molecule has 41 heavy (non-hydrogen) atoms. The normalized spacial score (nSPS) is 27.2. The maximum absolute atomic E-state index is 12.7. The summed E-state index contributed by atoms with van der Waals surface area (Å²) in [5.74, 6) is 2.32. The van der Waals surface area contributed by atoms with E-state index in [9.17, 15) is 8.42 Å². The van der Waals surface area contributed by atoms with Crippen molar-refractivity contribution in [3.63, 3.8) is 0 Å². The second kappa shape index (κ2) is 11.0. The highest BCUT2D eigenvalue weighted by molar-refractivity contribution is 7.92. The number of fused-ring (bicyclic) bond motifs is 1. The Morgan fingerprint density at radius 3 is 2.27 bits per heavy atom. The van der Waals surface area contributed by atoms with E-state index in [1.807, 2.05) is 12.1 Å². The molecule has 6 heteroatoms. The minimum atomic E-state index is -3.12. The van der Waals surface area contributed by atoms with E-state index in [1.165, 1.54) is 70.4 Å². The predicted octanol–water partition coefficient (Wildman–Crippen LogP) is 6.04. The Morgan fingerprint density at radius 2 is 1.59 bits per heavy atom. The molecule has 3 aliphatic heterocycles. The number of nitrogens with zero attached hydrogens (tertiary/aromatic N) is 3. The van der Waals surface area contributed by atoms with Crippen molar-refractivity contribution in [1.82, 2.24) is 9.80 Å². The van der Waals surface area contributed by atoms with Crippen molar-refractivity contribution in [3.05, 3.63) is 59.2 Å². The molecule has 2 aliphatic carbocycles. The van der Waals surface area contributed by atoms with E-state index in [4.69, 9.17) is 0 Å². The van der Waals surface area contributed by atoms with Gasteiger partial charge in [-0.25, -0.2) is 8.42 Å². The number of sulfone groups is 1. The van der Waals surface area contributed by atoms with Gasteiger partial charge in [0, 0.05) is 49.7 Å². The Hall–Kier alpha value is -1.89. The van der Waals surface area contributed by atoms with Crippen LogP contribution < -0.4 is 4.90 Å². The maximum Gasteiger partial charge on any atom is 0.181 e. The van der Waals surface area contributed by atoms with E-state index < -0.39 is 9.84 Å². The Balaban J connectivity index is 0.990. The minimum absolute atomic E-state index is 0.142. The molecule has 2 saturated carbocycles. The summed E-state index contributed by atoms with van der Waals surface area (Å²) < 4.78 is 25.3. The third kappa shape index (κ3) is 5.06. The number of hydrogen-bond acceptors (Lipinski definition) is 5. The first kappa shape index (κ1) is 27.9. The maximum atomic E-state index is 12.7. The summed E-state index contributed by atoms with van der Waals surface area (Å²) in [5.41, 5.74) is 5.94. The number of aryl methyl sites for hydroxylation is 1. The minimum Gasteiger partial charge on any atom is -0.371 e. The van der Waals surface area contributed by atoms with Crippen molar-refractivity contribution < 1.29 is 8.42 Å². The molecule has 222 valence electrons. The highest BCUT2D eigenvalue weighted by Crippen LogP contribution is 2.53. The van der Waals surface area contributed by atoms with Crippen LogP contribution in [0, 0.1) is 24.7 Å². The van der Waals surface area contributed by atoms with Gasteiger partial charge in [0.15, 0.2) is 9.84 Å². The summed E-state index contributed by atoms with van der Waals surface area (Å²) in [6.45, 7) is 13.8. The van der Waals surface area contributed by atoms with E-state index in [0.29, 0.717) is 16.2 Å². The van der Waals surface area contributed by atoms with Gasteiger partial charge in [0.2, 0.25) is 0 Å². The molecule has 4 fully saturated rings. The van der Waals surface area contributed by atoms with Gasteiger partial charge < -0.3 is 9.80 Å². The van der Waals surface area contributed by atoms with E-state index in [1.54, 1.807) is 11.1 Å². The van der Waals surface area contributed by atoms with Crippen LogP contribution in [0.5, 0.6) is 0 Å². The van der Waals surface area contributed by atoms with Gasteiger partial charge in [-0.15, -0.1) is 0 Å². The lowest BCUT2D eigenvalue weighted by atomic mass is 9.57. The number of hydrogen-bond donors (Lipinski definition) is 0. The smallest absolute Gasteiger partial charge is 0.181 e. The van der Waals surface area contributed by atoms with Crippen LogP contribution in [-0.2, 0) is 21.8 Å². The molecule has 1 atom stereocenters. The lowest BCUT2D eigenvalue weighted by Gasteiger charge is -2.54. The van der Waals surface area contributed by atoms with Gasteiger partial charge >= 0.3 is 0 Å². The van der Waals surface area contributed by atoms with Gasteiger partial charge in [-0.3, -0.25) is 4.90 Å². The molecule has 0 radical (unpaired) electrons. The molecular weight excluding hydrogens is 526 g/mol. The highest BCUT2D eigenvalue weighted by Gasteiger charge is 2.51. The second-order valence-corrected chi connectivity index (χ2v) is 16.2. The Morgan fingerprint density at radius 1 is 0.878 bits per heavy atom. The number of benzene rings is 2. The van der Waals surface area contributed by atoms with Gasteiger partial charge in [-0.1, -0.05) is 44.0 Å². The van der Waals surface area contributed by atoms with Gasteiger partial charge in [0.25, 0.3) is 0 Å². The molecule has 2 saturated heterocycles. The van der Waals surface area contributed by atoms with Crippen molar-refractivity contribution in [1.29, 1.82) is 0 Å². The van der Waals surface area contributed by atoms with Gasteiger partial charge in [0.1, 0.15) is 0 Å². The van der Waals surface area contributed by atoms with Crippen LogP contribution in [0.15, 0.2) is 47.4 Å². The van der Waals surface area contributed by atoms with Crippen molar-refractivity contribution in [2.75, 3.05) is 50.7 Å². The van der Waals surface area contributed by atoms with Gasteiger partial charge in [-0.2, -0.15) is 0 Å². The zero-order chi connectivity index (χ0) is 28.2. The molecule has 0 bridgehead atoms. The van der Waals surface area contributed by atoms with Crippen molar-refractivity contribution in [2.24, 2.45) is 17.8 Å². The summed E-state index contributed by atoms with van der Waals surface area (Å²) in [6.07, 6.45) is 9.95. The standard InChI is InChI=1S/C35H49N3O2S/c1-3-36-24-28-8-4-7-11-33(28)35(25-36,29-9-5-6-10-29)30-16-18-37(19-17-30)21-27-22-38(23-27)34-15-14-32(20-26(34)2)41(39,40)31-12-13-31/h4,7-8,11,14-15,20,27,29-31H,3,5-6,9-10,12-13,16-19,21-25H2,1-2H3. The molecule has 0 amide bonds. The van der Waals surface area contributed by atoms with E-state index >= 15 is 0 Å². The fourth-order valence-electron chi connectivity index (χ4n) is 9.17. The van der Waals surface area contributed by atoms with Crippen molar-refractivity contribution >= 4 is 15.5 Å². The van der Waals surface area contributed by atoms with Crippen LogP contribution in [0.25, 0.3) is 0 Å². The summed E-state index contributed by atoms with van der Waals surface area (Å²) in [5, 5.41) is -0.142. The lowest BCUT2D eigenvalue weighted by Crippen LogP contribution is -2.57. The van der Waals surface area contributed by atoms with Crippen LogP contribution in [-0.4, -0.2) is 69.3 Å². The zero-order valence-electron chi connectivity index (χ0n) is 25.2. The molecule has 7 rings (SSSR count). The third-order valence-corrected chi connectivity index (χ3v) is 13.8. The molecule has 5 aliphatic rings. The van der Waals surface area contributed by atoms with E-state index in [0.717, 1.165) is 56.4 Å². The molecule has 5 nitrogen and oxygen atoms in total. The second-order valence-electron chi connectivity index (χ2n) is 14.0. The number of rotatable bonds is 8. The summed E-state index contributed by atoms with van der Waals surface area (Å²) in [7, 11) is -3.12. The molecule has 3 heterocycles. The fourth-order valence-corrected chi connectivity index (χ4v) is 10.9. The lowest BCUT2D eigenvalue weighted by molar-refractivity contribution is 0.0358. The first-order chi connectivity index (χ1) is 19.9. The van der Waals surface area contributed by atoms with E-state index in [2.05, 4.69) is 58.9 Å². The van der Waals surface area contributed by atoms with Gasteiger partial charge in [0.05, 0.1) is 10.1 Å². The topological polar surface area (TPSA) is 43.9 Å². The molecule has 1 unspecified atom stereocenters. The fraction of sp³-hybridized carbons (Fsp3) is 0.657. The van der Waals surface area contributed by atoms with Crippen LogP contribution in [0.4, 0.5) is 5.69 Å². The Kier molecular flexibility index (Phi) is 7.48. The van der Waals surface area contributed by atoms with Crippen molar-refractivity contribution in [2.45, 2.75) is 87.3 Å². The highest BCUT2D eigenvalue weighted by atomic mass is 32.2. The molecule has 0 spiro atoms. The van der Waals surface area contributed by atoms with Gasteiger partial charge in [-0.05, 0) is 112 Å². The average Bonchev–Trinajstić information content (AvgIpc) is 3.70. The van der Waals surface area contributed by atoms with Crippen LogP contribution in [0.3, 0.4) is 0 Å². The molecule has 2 aromatic rings. The monoisotopic (exact) mass is 575 g/mol. The number of piperidine rings is 1. The first-order valence-corrected chi connectivity index (χ1v) is 18.1. The summed E-state index contributed by atoms with van der Waals surface area (Å²) in [4.78, 5) is 8.46. The third-order valence-electron chi connectivity index (χ3n) is 11.5. The molecule has 0 N–H and O–H groups in total. The van der Waals surface area contributed by atoms with E-state index in [-0.39, 0.29) is 5.25 Å². The molecule has 2 aromatic carbocycles. The first-order valence-electron chi connectivity index (χ1n) is 16.5. The zero-order valence-corrected chi connectivity index (χ0v) is 26.0. The summed E-state index contributed by atoms with van der Waals surface area (Å²) >= 11 is 0. The Labute approximate surface area is 248 Å². The van der Waals surface area contributed by atoms with Crippen LogP contribution >= 0.6 is 0 Å². The number of anilines is 1. The SMILES string of the molecule is CCN1Cc2ccccc2C(C2CCCC2)(C2CCN(CC3CN(c4ccc(S(=O)(=O)C5CC5)cc4C)C3)CC2)C1. The number of likely N-dealkylation sites (N-methyl/N-ethyl adjacent to an activating group) is 1. The van der Waals surface area contributed by atoms with Crippen LogP contribution in [0.2, 0.25) is 0 Å².